The second-order valence-electron chi connectivity index (χ2n) is 6.83. The van der Waals surface area contributed by atoms with Gasteiger partial charge in [-0.1, -0.05) is 61.8 Å². The number of hydrogen-bond acceptors (Lipinski definition) is 3. The molecule has 0 spiro atoms. The van der Waals surface area contributed by atoms with Gasteiger partial charge in [-0.05, 0) is 29.7 Å². The van der Waals surface area contributed by atoms with Crippen LogP contribution in [0.1, 0.15) is 30.6 Å². The first kappa shape index (κ1) is 20.1. The van der Waals surface area contributed by atoms with E-state index in [9.17, 15) is 9.59 Å². The molecule has 0 saturated heterocycles. The summed E-state index contributed by atoms with van der Waals surface area (Å²) >= 11 is 7.37. The third-order valence-corrected chi connectivity index (χ3v) is 5.16. The fourth-order valence-corrected chi connectivity index (χ4v) is 3.99. The van der Waals surface area contributed by atoms with Crippen LogP contribution in [0.25, 0.3) is 11.1 Å². The molecule has 0 unspecified atom stereocenters. The number of rotatable bonds is 6. The highest BCUT2D eigenvalue weighted by Crippen LogP contribution is 2.36. The zero-order valence-corrected chi connectivity index (χ0v) is 17.2. The van der Waals surface area contributed by atoms with Crippen LogP contribution in [-0.2, 0) is 4.79 Å². The first-order valence-corrected chi connectivity index (χ1v) is 10.2. The van der Waals surface area contributed by atoms with Crippen LogP contribution in [0.3, 0.4) is 0 Å². The smallest absolute Gasteiger partial charge is 0.259 e. The molecular formula is C22H21ClN2O2S. The molecule has 0 fully saturated rings. The van der Waals surface area contributed by atoms with E-state index >= 15 is 0 Å². The molecule has 4 nitrogen and oxygen atoms in total. The van der Waals surface area contributed by atoms with Gasteiger partial charge in [-0.25, -0.2) is 0 Å². The molecule has 0 saturated carbocycles. The molecule has 0 atom stereocenters. The highest BCUT2D eigenvalue weighted by molar-refractivity contribution is 7.15. The molecule has 3 aromatic rings. The minimum Gasteiger partial charge on any atom is -0.322 e. The second kappa shape index (κ2) is 9.04. The molecule has 144 valence electrons. The summed E-state index contributed by atoms with van der Waals surface area (Å²) in [6.45, 7) is 3.96. The lowest BCUT2D eigenvalue weighted by molar-refractivity contribution is -0.116. The van der Waals surface area contributed by atoms with Crippen molar-refractivity contribution in [3.8, 4) is 11.1 Å². The lowest BCUT2D eigenvalue weighted by Gasteiger charge is -2.11. The van der Waals surface area contributed by atoms with Gasteiger partial charge in [-0.2, -0.15) is 0 Å². The maximum atomic E-state index is 13.1. The second-order valence-corrected chi connectivity index (χ2v) is 8.15. The van der Waals surface area contributed by atoms with Crippen molar-refractivity contribution in [3.63, 3.8) is 0 Å². The molecule has 2 amide bonds. The van der Waals surface area contributed by atoms with E-state index < -0.39 is 0 Å². The van der Waals surface area contributed by atoms with Crippen molar-refractivity contribution in [1.29, 1.82) is 0 Å². The Labute approximate surface area is 173 Å². The zero-order valence-electron chi connectivity index (χ0n) is 15.7. The molecule has 3 rings (SSSR count). The molecule has 0 aliphatic heterocycles. The normalized spacial score (nSPS) is 10.7. The lowest BCUT2D eigenvalue weighted by atomic mass is 10.0. The molecule has 28 heavy (non-hydrogen) atoms. The van der Waals surface area contributed by atoms with E-state index in [1.807, 2.05) is 49.6 Å². The predicted molar refractivity (Wildman–Crippen MR) is 117 cm³/mol. The number of nitrogens with one attached hydrogen (secondary N) is 2. The van der Waals surface area contributed by atoms with E-state index in [0.717, 1.165) is 11.1 Å². The van der Waals surface area contributed by atoms with E-state index in [4.69, 9.17) is 11.6 Å². The third-order valence-electron chi connectivity index (χ3n) is 4.03. The number of thiophene rings is 1. The average Bonchev–Trinajstić information content (AvgIpc) is 3.05. The minimum atomic E-state index is -0.290. The van der Waals surface area contributed by atoms with Gasteiger partial charge >= 0.3 is 0 Å². The minimum absolute atomic E-state index is 0.103. The summed E-state index contributed by atoms with van der Waals surface area (Å²) < 4.78 is 0. The van der Waals surface area contributed by atoms with Gasteiger partial charge in [-0.15, -0.1) is 11.3 Å². The number of benzene rings is 2. The van der Waals surface area contributed by atoms with Gasteiger partial charge in [0.1, 0.15) is 5.00 Å². The van der Waals surface area contributed by atoms with E-state index in [1.54, 1.807) is 24.3 Å². The van der Waals surface area contributed by atoms with Crippen molar-refractivity contribution < 1.29 is 9.59 Å². The van der Waals surface area contributed by atoms with Crippen LogP contribution in [0.15, 0.2) is 60.0 Å². The summed E-state index contributed by atoms with van der Waals surface area (Å²) in [5.74, 6) is -0.159. The molecule has 0 radical (unpaired) electrons. The van der Waals surface area contributed by atoms with Crippen LogP contribution < -0.4 is 10.6 Å². The Balaban J connectivity index is 1.96. The van der Waals surface area contributed by atoms with Crippen molar-refractivity contribution in [2.45, 2.75) is 20.3 Å². The lowest BCUT2D eigenvalue weighted by Crippen LogP contribution is -2.18. The van der Waals surface area contributed by atoms with Crippen LogP contribution >= 0.6 is 22.9 Å². The Morgan fingerprint density at radius 1 is 1.04 bits per heavy atom. The highest BCUT2D eigenvalue weighted by Gasteiger charge is 2.22. The van der Waals surface area contributed by atoms with Crippen molar-refractivity contribution in [2.24, 2.45) is 5.92 Å². The standard InChI is InChI=1S/C22H21ClN2O2S/c1-14(2)11-19(26)25-22-20(18(13-28-22)15-7-4-3-5-8-15)21(27)24-17-10-6-9-16(23)12-17/h3-10,12-14H,11H2,1-2H3,(H,24,27)(H,25,26). The fourth-order valence-electron chi connectivity index (χ4n) is 2.81. The molecule has 2 aromatic carbocycles. The quantitative estimate of drug-likeness (QED) is 0.498. The molecule has 1 heterocycles. The van der Waals surface area contributed by atoms with Crippen LogP contribution in [0, 0.1) is 5.92 Å². The summed E-state index contributed by atoms with van der Waals surface area (Å²) in [7, 11) is 0. The topological polar surface area (TPSA) is 58.2 Å². The SMILES string of the molecule is CC(C)CC(=O)Nc1scc(-c2ccccc2)c1C(=O)Nc1cccc(Cl)c1. The molecule has 0 aliphatic carbocycles. The Morgan fingerprint density at radius 3 is 2.46 bits per heavy atom. The van der Waals surface area contributed by atoms with Gasteiger partial charge in [0.15, 0.2) is 0 Å². The van der Waals surface area contributed by atoms with Gasteiger partial charge in [0.2, 0.25) is 5.91 Å². The van der Waals surface area contributed by atoms with Crippen molar-refractivity contribution in [1.82, 2.24) is 0 Å². The number of halogens is 1. The predicted octanol–water partition coefficient (Wildman–Crippen LogP) is 6.31. The monoisotopic (exact) mass is 412 g/mol. The average molecular weight is 413 g/mol. The summed E-state index contributed by atoms with van der Waals surface area (Å²) in [6.07, 6.45) is 0.397. The molecule has 2 N–H and O–H groups in total. The Bertz CT molecular complexity index is 983. The van der Waals surface area contributed by atoms with Crippen molar-refractivity contribution in [2.75, 3.05) is 10.6 Å². The van der Waals surface area contributed by atoms with Crippen molar-refractivity contribution in [3.05, 3.63) is 70.6 Å². The summed E-state index contributed by atoms with van der Waals surface area (Å²) in [5.41, 5.74) is 2.75. The van der Waals surface area contributed by atoms with Crippen molar-refractivity contribution >= 4 is 45.4 Å². The van der Waals surface area contributed by atoms with E-state index in [0.29, 0.717) is 27.7 Å². The van der Waals surface area contributed by atoms with Crippen LogP contribution in [0.2, 0.25) is 5.02 Å². The van der Waals surface area contributed by atoms with Crippen LogP contribution in [0.5, 0.6) is 0 Å². The van der Waals surface area contributed by atoms with Gasteiger partial charge in [0.25, 0.3) is 5.91 Å². The molecule has 6 heteroatoms. The van der Waals surface area contributed by atoms with Crippen LogP contribution in [-0.4, -0.2) is 11.8 Å². The fraction of sp³-hybridized carbons (Fsp3) is 0.182. The first-order valence-electron chi connectivity index (χ1n) is 8.97. The summed E-state index contributed by atoms with van der Waals surface area (Å²) in [4.78, 5) is 25.4. The van der Waals surface area contributed by atoms with Crippen LogP contribution in [0.4, 0.5) is 10.7 Å². The zero-order chi connectivity index (χ0) is 20.1. The molecule has 1 aromatic heterocycles. The maximum Gasteiger partial charge on any atom is 0.259 e. The number of anilines is 2. The maximum absolute atomic E-state index is 13.1. The van der Waals surface area contributed by atoms with Gasteiger partial charge in [0.05, 0.1) is 5.56 Å². The Morgan fingerprint density at radius 2 is 1.79 bits per heavy atom. The number of amides is 2. The summed E-state index contributed by atoms with van der Waals surface area (Å²) in [6, 6.07) is 16.6. The number of carbonyl (C=O) groups is 2. The van der Waals surface area contributed by atoms with Gasteiger partial charge < -0.3 is 10.6 Å². The summed E-state index contributed by atoms with van der Waals surface area (Å²) in [5, 5.41) is 8.76. The van der Waals surface area contributed by atoms with E-state index in [2.05, 4.69) is 10.6 Å². The number of carbonyl (C=O) groups excluding carboxylic acids is 2. The Hall–Kier alpha value is -2.63. The molecular weight excluding hydrogens is 392 g/mol. The highest BCUT2D eigenvalue weighted by atomic mass is 35.5. The molecule has 0 aliphatic rings. The third kappa shape index (κ3) is 5.00. The van der Waals surface area contributed by atoms with Gasteiger partial charge in [-0.3, -0.25) is 9.59 Å². The number of hydrogen-bond donors (Lipinski definition) is 2. The largest absolute Gasteiger partial charge is 0.322 e. The Kier molecular flexibility index (Phi) is 6.49. The van der Waals surface area contributed by atoms with Gasteiger partial charge in [0, 0.05) is 28.1 Å². The van der Waals surface area contributed by atoms with E-state index in [1.165, 1.54) is 11.3 Å². The molecule has 0 bridgehead atoms. The first-order chi connectivity index (χ1) is 13.4. The van der Waals surface area contributed by atoms with E-state index in [-0.39, 0.29) is 17.7 Å².